The Kier molecular flexibility index (Phi) is 5.23. The lowest BCUT2D eigenvalue weighted by Gasteiger charge is -2.13. The van der Waals surface area contributed by atoms with Crippen LogP contribution < -0.4 is 10.5 Å². The number of halogens is 1. The monoisotopic (exact) mass is 357 g/mol. The normalized spacial score (nSPS) is 12.7. The Hall–Kier alpha value is -0.850. The fraction of sp³-hybridized carbons (Fsp3) is 0.500. The van der Waals surface area contributed by atoms with Crippen LogP contribution in [0.4, 0.5) is 0 Å². The van der Waals surface area contributed by atoms with Gasteiger partial charge < -0.3 is 10.5 Å². The number of aromatic nitrogens is 2. The SMILES string of the molecule is CCc1nn(CC)c(CC(N)c2sccc2OC)c1Br. The Morgan fingerprint density at radius 3 is 2.85 bits per heavy atom. The van der Waals surface area contributed by atoms with E-state index >= 15 is 0 Å². The molecule has 0 bridgehead atoms. The summed E-state index contributed by atoms with van der Waals surface area (Å²) in [6.45, 7) is 5.06. The molecule has 0 radical (unpaired) electrons. The van der Waals surface area contributed by atoms with E-state index < -0.39 is 0 Å². The van der Waals surface area contributed by atoms with Gasteiger partial charge in [0.2, 0.25) is 0 Å². The van der Waals surface area contributed by atoms with Crippen LogP contribution in [0.25, 0.3) is 0 Å². The summed E-state index contributed by atoms with van der Waals surface area (Å²) < 4.78 is 8.47. The Bertz CT molecular complexity index is 579. The maximum Gasteiger partial charge on any atom is 0.134 e. The zero-order valence-electron chi connectivity index (χ0n) is 12.0. The van der Waals surface area contributed by atoms with E-state index in [9.17, 15) is 0 Å². The lowest BCUT2D eigenvalue weighted by molar-refractivity contribution is 0.408. The highest BCUT2D eigenvalue weighted by molar-refractivity contribution is 9.10. The van der Waals surface area contributed by atoms with Crippen molar-refractivity contribution >= 4 is 27.3 Å². The molecule has 0 aromatic carbocycles. The van der Waals surface area contributed by atoms with Crippen LogP contribution in [0.2, 0.25) is 0 Å². The number of rotatable bonds is 6. The fourth-order valence-corrected chi connectivity index (χ4v) is 3.85. The Morgan fingerprint density at radius 1 is 1.50 bits per heavy atom. The van der Waals surface area contributed by atoms with Gasteiger partial charge in [-0.3, -0.25) is 4.68 Å². The number of aryl methyl sites for hydroxylation is 2. The lowest BCUT2D eigenvalue weighted by Crippen LogP contribution is -2.16. The summed E-state index contributed by atoms with van der Waals surface area (Å²) in [6.07, 6.45) is 1.66. The zero-order valence-corrected chi connectivity index (χ0v) is 14.4. The molecule has 20 heavy (non-hydrogen) atoms. The molecule has 2 aromatic rings. The third kappa shape index (κ3) is 2.92. The van der Waals surface area contributed by atoms with Crippen molar-refractivity contribution in [3.63, 3.8) is 0 Å². The topological polar surface area (TPSA) is 53.1 Å². The van der Waals surface area contributed by atoms with Crippen molar-refractivity contribution in [2.45, 2.75) is 39.3 Å². The number of nitrogens with zero attached hydrogens (tertiary/aromatic N) is 2. The molecule has 0 aliphatic carbocycles. The van der Waals surface area contributed by atoms with Gasteiger partial charge in [-0.2, -0.15) is 5.10 Å². The fourth-order valence-electron chi connectivity index (χ4n) is 2.26. The van der Waals surface area contributed by atoms with E-state index in [-0.39, 0.29) is 6.04 Å². The third-order valence-electron chi connectivity index (χ3n) is 3.32. The molecule has 2 aromatic heterocycles. The Balaban J connectivity index is 2.27. The van der Waals surface area contributed by atoms with E-state index in [0.717, 1.165) is 45.9 Å². The van der Waals surface area contributed by atoms with Gasteiger partial charge in [0.05, 0.1) is 27.8 Å². The summed E-state index contributed by atoms with van der Waals surface area (Å²) in [5, 5.41) is 6.62. The van der Waals surface area contributed by atoms with Gasteiger partial charge in [-0.15, -0.1) is 11.3 Å². The summed E-state index contributed by atoms with van der Waals surface area (Å²) in [6, 6.07) is 1.89. The summed E-state index contributed by atoms with van der Waals surface area (Å²) >= 11 is 5.30. The highest BCUT2D eigenvalue weighted by Gasteiger charge is 2.20. The van der Waals surface area contributed by atoms with Crippen LogP contribution in [0.15, 0.2) is 15.9 Å². The average Bonchev–Trinajstić information content (AvgIpc) is 3.04. The quantitative estimate of drug-likeness (QED) is 0.859. The molecule has 6 heteroatoms. The number of hydrogen-bond acceptors (Lipinski definition) is 4. The van der Waals surface area contributed by atoms with E-state index in [4.69, 9.17) is 10.5 Å². The average molecular weight is 358 g/mol. The van der Waals surface area contributed by atoms with Crippen LogP contribution in [0, 0.1) is 0 Å². The number of ether oxygens (including phenoxy) is 1. The molecule has 1 unspecified atom stereocenters. The third-order valence-corrected chi connectivity index (χ3v) is 5.27. The van der Waals surface area contributed by atoms with Gasteiger partial charge >= 0.3 is 0 Å². The van der Waals surface area contributed by atoms with Crippen LogP contribution in [0.3, 0.4) is 0 Å². The van der Waals surface area contributed by atoms with Crippen LogP contribution in [-0.2, 0) is 19.4 Å². The molecule has 0 saturated carbocycles. The van der Waals surface area contributed by atoms with E-state index in [0.29, 0.717) is 0 Å². The van der Waals surface area contributed by atoms with Crippen LogP contribution >= 0.6 is 27.3 Å². The second kappa shape index (κ2) is 6.74. The van der Waals surface area contributed by atoms with Crippen LogP contribution in [-0.4, -0.2) is 16.9 Å². The second-order valence-corrected chi connectivity index (χ2v) is 6.28. The summed E-state index contributed by atoms with van der Waals surface area (Å²) in [4.78, 5) is 1.08. The highest BCUT2D eigenvalue weighted by atomic mass is 79.9. The number of thiophene rings is 1. The van der Waals surface area contributed by atoms with Crippen molar-refractivity contribution in [3.8, 4) is 5.75 Å². The maximum atomic E-state index is 6.36. The van der Waals surface area contributed by atoms with Crippen molar-refractivity contribution in [2.75, 3.05) is 7.11 Å². The number of methoxy groups -OCH3 is 1. The predicted octanol–water partition coefficient (Wildman–Crippen LogP) is 3.54. The molecule has 0 saturated heterocycles. The Morgan fingerprint density at radius 2 is 2.25 bits per heavy atom. The van der Waals surface area contributed by atoms with Crippen molar-refractivity contribution in [2.24, 2.45) is 5.73 Å². The molecule has 2 heterocycles. The molecule has 1 atom stereocenters. The van der Waals surface area contributed by atoms with Gasteiger partial charge in [-0.1, -0.05) is 6.92 Å². The maximum absolute atomic E-state index is 6.36. The van der Waals surface area contributed by atoms with Crippen molar-refractivity contribution in [3.05, 3.63) is 32.2 Å². The van der Waals surface area contributed by atoms with E-state index in [1.54, 1.807) is 18.4 Å². The van der Waals surface area contributed by atoms with Crippen molar-refractivity contribution in [1.29, 1.82) is 0 Å². The van der Waals surface area contributed by atoms with Gasteiger partial charge in [-0.25, -0.2) is 0 Å². The zero-order chi connectivity index (χ0) is 14.7. The largest absolute Gasteiger partial charge is 0.496 e. The molecule has 0 spiro atoms. The first kappa shape index (κ1) is 15.5. The summed E-state index contributed by atoms with van der Waals surface area (Å²) in [5.74, 6) is 0.872. The smallest absolute Gasteiger partial charge is 0.134 e. The minimum Gasteiger partial charge on any atom is -0.496 e. The Labute approximate surface area is 132 Å². The first-order valence-electron chi connectivity index (χ1n) is 6.73. The van der Waals surface area contributed by atoms with E-state index in [2.05, 4.69) is 34.9 Å². The molecule has 4 nitrogen and oxygen atoms in total. The van der Waals surface area contributed by atoms with E-state index in [1.165, 1.54) is 0 Å². The van der Waals surface area contributed by atoms with Gasteiger partial charge in [0.15, 0.2) is 0 Å². The van der Waals surface area contributed by atoms with Gasteiger partial charge in [-0.05, 0) is 40.7 Å². The number of hydrogen-bond donors (Lipinski definition) is 1. The minimum atomic E-state index is -0.0760. The predicted molar refractivity (Wildman–Crippen MR) is 86.5 cm³/mol. The van der Waals surface area contributed by atoms with Crippen molar-refractivity contribution < 1.29 is 4.74 Å². The summed E-state index contributed by atoms with van der Waals surface area (Å²) in [5.41, 5.74) is 8.61. The molecule has 0 aliphatic rings. The lowest BCUT2D eigenvalue weighted by atomic mass is 10.1. The molecular formula is C14H20BrN3OS. The summed E-state index contributed by atoms with van der Waals surface area (Å²) in [7, 11) is 1.68. The molecule has 0 amide bonds. The molecule has 0 aliphatic heterocycles. The highest BCUT2D eigenvalue weighted by Crippen LogP contribution is 2.33. The first-order chi connectivity index (χ1) is 9.62. The first-order valence-corrected chi connectivity index (χ1v) is 8.40. The van der Waals surface area contributed by atoms with Gasteiger partial charge in [0, 0.05) is 19.0 Å². The number of nitrogens with two attached hydrogens (primary N) is 1. The molecule has 0 fully saturated rings. The van der Waals surface area contributed by atoms with Gasteiger partial charge in [0.1, 0.15) is 5.75 Å². The van der Waals surface area contributed by atoms with Gasteiger partial charge in [0.25, 0.3) is 0 Å². The van der Waals surface area contributed by atoms with E-state index in [1.807, 2.05) is 16.1 Å². The molecular weight excluding hydrogens is 338 g/mol. The second-order valence-electron chi connectivity index (χ2n) is 4.54. The molecule has 2 rings (SSSR count). The molecule has 110 valence electrons. The minimum absolute atomic E-state index is 0.0760. The van der Waals surface area contributed by atoms with Crippen LogP contribution in [0.1, 0.15) is 36.2 Å². The van der Waals surface area contributed by atoms with Crippen molar-refractivity contribution in [1.82, 2.24) is 9.78 Å². The molecule has 2 N–H and O–H groups in total. The standard InChI is InChI=1S/C14H20BrN3OS/c1-4-10-13(15)11(18(5-2)17-10)8-9(16)14-12(19-3)6-7-20-14/h6-7,9H,4-5,8,16H2,1-3H3. The van der Waals surface area contributed by atoms with Crippen LogP contribution in [0.5, 0.6) is 5.75 Å².